The number of hydrogen-bond acceptors (Lipinski definition) is 5. The van der Waals surface area contributed by atoms with Crippen molar-refractivity contribution in [2.75, 3.05) is 0 Å². The highest BCUT2D eigenvalue weighted by molar-refractivity contribution is 14.1. The predicted octanol–water partition coefficient (Wildman–Crippen LogP) is 4.75. The van der Waals surface area contributed by atoms with Gasteiger partial charge < -0.3 is 4.74 Å². The highest BCUT2D eigenvalue weighted by Crippen LogP contribution is 2.25. The molecule has 0 amide bonds. The summed E-state index contributed by atoms with van der Waals surface area (Å²) >= 11 is 8.25. The smallest absolute Gasteiger partial charge is 0.363 e. The average molecular weight is 481 g/mol. The van der Waals surface area contributed by atoms with Gasteiger partial charge in [0.15, 0.2) is 5.70 Å². The van der Waals surface area contributed by atoms with Crippen molar-refractivity contribution >= 4 is 57.8 Å². The van der Waals surface area contributed by atoms with Crippen LogP contribution in [0.1, 0.15) is 11.1 Å². The van der Waals surface area contributed by atoms with Gasteiger partial charge in [-0.3, -0.25) is 10.1 Å². The summed E-state index contributed by atoms with van der Waals surface area (Å²) in [6.07, 6.45) is 4.49. The van der Waals surface area contributed by atoms with Crippen molar-refractivity contribution in [3.8, 4) is 0 Å². The van der Waals surface area contributed by atoms with Crippen LogP contribution in [0.3, 0.4) is 0 Å². The Balaban J connectivity index is 1.88. The van der Waals surface area contributed by atoms with Gasteiger partial charge in [0.05, 0.1) is 21.1 Å². The van der Waals surface area contributed by atoms with E-state index in [0.29, 0.717) is 16.1 Å². The average Bonchev–Trinajstić information content (AvgIpc) is 2.98. The number of rotatable bonds is 4. The zero-order valence-electron chi connectivity index (χ0n) is 13.1. The van der Waals surface area contributed by atoms with E-state index >= 15 is 0 Å². The Morgan fingerprint density at radius 1 is 1.23 bits per heavy atom. The molecule has 0 radical (unpaired) electrons. The fourth-order valence-electron chi connectivity index (χ4n) is 2.24. The topological polar surface area (TPSA) is 81.8 Å². The molecular formula is C18H10ClIN2O4. The Bertz CT molecular complexity index is 998. The fraction of sp³-hybridized carbons (Fsp3) is 0. The van der Waals surface area contributed by atoms with E-state index in [-0.39, 0.29) is 17.3 Å². The molecule has 8 heteroatoms. The number of nitro groups is 1. The summed E-state index contributed by atoms with van der Waals surface area (Å²) in [4.78, 5) is 26.7. The van der Waals surface area contributed by atoms with E-state index < -0.39 is 10.9 Å². The molecule has 0 bridgehead atoms. The van der Waals surface area contributed by atoms with E-state index in [1.54, 1.807) is 30.3 Å². The van der Waals surface area contributed by atoms with Crippen LogP contribution in [0.5, 0.6) is 0 Å². The lowest BCUT2D eigenvalue weighted by Crippen LogP contribution is -2.06. The second-order valence-electron chi connectivity index (χ2n) is 5.16. The van der Waals surface area contributed by atoms with Gasteiger partial charge in [0.25, 0.3) is 5.69 Å². The van der Waals surface area contributed by atoms with Crippen molar-refractivity contribution in [2.45, 2.75) is 0 Å². The number of hydrogen-bond donors (Lipinski definition) is 0. The van der Waals surface area contributed by atoms with E-state index in [2.05, 4.69) is 27.6 Å². The molecular weight excluding hydrogens is 471 g/mol. The second kappa shape index (κ2) is 7.79. The standard InChI is InChI=1S/C18H10ClIN2O4/c19-14-9-8-12(20)10-13(14)17-21-15(18(23)26-17)6-3-5-11-4-1-2-7-16(11)22(24)25/h1-10H/b5-3+,15-6?. The lowest BCUT2D eigenvalue weighted by molar-refractivity contribution is -0.385. The summed E-state index contributed by atoms with van der Waals surface area (Å²) < 4.78 is 6.10. The number of aliphatic imine (C=N–C) groups is 1. The Labute approximate surface area is 167 Å². The third-order valence-corrected chi connectivity index (χ3v) is 4.44. The number of cyclic esters (lactones) is 1. The number of allylic oxidation sites excluding steroid dienone is 2. The largest absolute Gasteiger partial charge is 0.402 e. The summed E-state index contributed by atoms with van der Waals surface area (Å²) in [5, 5.41) is 11.4. The molecule has 0 N–H and O–H groups in total. The molecule has 130 valence electrons. The zero-order valence-corrected chi connectivity index (χ0v) is 16.0. The highest BCUT2D eigenvalue weighted by atomic mass is 127. The molecule has 6 nitrogen and oxygen atoms in total. The van der Waals surface area contributed by atoms with Gasteiger partial charge in [-0.1, -0.05) is 29.8 Å². The molecule has 2 aromatic carbocycles. The minimum Gasteiger partial charge on any atom is -0.402 e. The van der Waals surface area contributed by atoms with Crippen LogP contribution >= 0.6 is 34.2 Å². The first-order valence-corrected chi connectivity index (χ1v) is 8.79. The summed E-state index contributed by atoms with van der Waals surface area (Å²) in [6.45, 7) is 0. The number of para-hydroxylation sites is 1. The molecule has 26 heavy (non-hydrogen) atoms. The van der Waals surface area contributed by atoms with Crippen LogP contribution in [0.4, 0.5) is 5.69 Å². The van der Waals surface area contributed by atoms with Gasteiger partial charge in [0.1, 0.15) is 0 Å². The first-order chi connectivity index (χ1) is 12.5. The van der Waals surface area contributed by atoms with Crippen LogP contribution in [0.25, 0.3) is 6.08 Å². The number of ether oxygens (including phenoxy) is 1. The summed E-state index contributed by atoms with van der Waals surface area (Å²) in [7, 11) is 0. The van der Waals surface area contributed by atoms with Gasteiger partial charge in [0.2, 0.25) is 5.90 Å². The molecule has 3 rings (SSSR count). The molecule has 0 unspecified atom stereocenters. The van der Waals surface area contributed by atoms with Crippen molar-refractivity contribution in [3.63, 3.8) is 0 Å². The van der Waals surface area contributed by atoms with Crippen LogP contribution in [0, 0.1) is 13.7 Å². The van der Waals surface area contributed by atoms with Gasteiger partial charge in [-0.2, -0.15) is 0 Å². The van der Waals surface area contributed by atoms with Gasteiger partial charge in [-0.15, -0.1) is 0 Å². The monoisotopic (exact) mass is 480 g/mol. The molecule has 0 aliphatic carbocycles. The van der Waals surface area contributed by atoms with Crippen molar-refractivity contribution in [3.05, 3.63) is 90.1 Å². The minimum atomic E-state index is -0.609. The molecule has 0 aromatic heterocycles. The quantitative estimate of drug-likeness (QED) is 0.208. The second-order valence-corrected chi connectivity index (χ2v) is 6.81. The summed E-state index contributed by atoms with van der Waals surface area (Å²) in [6, 6.07) is 11.6. The van der Waals surface area contributed by atoms with Gasteiger partial charge in [-0.25, -0.2) is 9.79 Å². The molecule has 2 aromatic rings. The SMILES string of the molecule is O=C1OC(c2cc(I)ccc2Cl)=NC1=C/C=C/c1ccccc1[N+](=O)[O-]. The van der Waals surface area contributed by atoms with Crippen molar-refractivity contribution in [2.24, 2.45) is 4.99 Å². The number of esters is 1. The van der Waals surface area contributed by atoms with Crippen LogP contribution in [-0.2, 0) is 9.53 Å². The Morgan fingerprint density at radius 3 is 2.77 bits per heavy atom. The maximum Gasteiger partial charge on any atom is 0.363 e. The zero-order chi connectivity index (χ0) is 18.7. The molecule has 0 saturated heterocycles. The van der Waals surface area contributed by atoms with Gasteiger partial charge in [0, 0.05) is 9.64 Å². The van der Waals surface area contributed by atoms with Gasteiger partial charge in [-0.05, 0) is 59.0 Å². The van der Waals surface area contributed by atoms with Crippen molar-refractivity contribution < 1.29 is 14.5 Å². The fourth-order valence-corrected chi connectivity index (χ4v) is 2.93. The minimum absolute atomic E-state index is 0.0222. The molecule has 0 fully saturated rings. The first kappa shape index (κ1) is 18.3. The molecule has 0 spiro atoms. The number of nitrogens with zero attached hydrogens (tertiary/aromatic N) is 2. The number of carbonyl (C=O) groups excluding carboxylic acids is 1. The molecule has 0 saturated carbocycles. The molecule has 1 heterocycles. The van der Waals surface area contributed by atoms with Crippen LogP contribution < -0.4 is 0 Å². The van der Waals surface area contributed by atoms with Crippen LogP contribution in [-0.4, -0.2) is 16.8 Å². The maximum absolute atomic E-state index is 12.0. The van der Waals surface area contributed by atoms with Crippen molar-refractivity contribution in [1.29, 1.82) is 0 Å². The lowest BCUT2D eigenvalue weighted by Gasteiger charge is -2.02. The molecule has 1 aliphatic heterocycles. The number of carbonyl (C=O) groups is 1. The third-order valence-electron chi connectivity index (χ3n) is 3.44. The van der Waals surface area contributed by atoms with E-state index in [4.69, 9.17) is 16.3 Å². The van der Waals surface area contributed by atoms with Crippen LogP contribution in [0.2, 0.25) is 5.02 Å². The lowest BCUT2D eigenvalue weighted by atomic mass is 10.1. The maximum atomic E-state index is 12.0. The molecule has 1 aliphatic rings. The van der Waals surface area contributed by atoms with E-state index in [0.717, 1.165) is 3.57 Å². The number of benzene rings is 2. The highest BCUT2D eigenvalue weighted by Gasteiger charge is 2.25. The number of nitro benzene ring substituents is 1. The van der Waals surface area contributed by atoms with Crippen molar-refractivity contribution in [1.82, 2.24) is 0 Å². The van der Waals surface area contributed by atoms with Crippen LogP contribution in [0.15, 0.2) is 65.3 Å². The third kappa shape index (κ3) is 4.00. The number of halogens is 2. The van der Waals surface area contributed by atoms with Gasteiger partial charge >= 0.3 is 5.97 Å². The van der Waals surface area contributed by atoms with E-state index in [1.807, 2.05) is 6.07 Å². The van der Waals surface area contributed by atoms with E-state index in [1.165, 1.54) is 24.3 Å². The summed E-state index contributed by atoms with van der Waals surface area (Å²) in [5.74, 6) is -0.481. The Morgan fingerprint density at radius 2 is 2.00 bits per heavy atom. The van der Waals surface area contributed by atoms with E-state index in [9.17, 15) is 14.9 Å². The predicted molar refractivity (Wildman–Crippen MR) is 107 cm³/mol. The summed E-state index contributed by atoms with van der Waals surface area (Å²) in [5.41, 5.74) is 1.01. The first-order valence-electron chi connectivity index (χ1n) is 7.34. The Kier molecular flexibility index (Phi) is 5.48. The Hall–Kier alpha value is -2.52. The normalized spacial score (nSPS) is 15.4. The molecule has 0 atom stereocenters.